The molecule has 2 N–H and O–H groups in total. The number of carbonyl (C=O) groups excluding carboxylic acids is 1. The van der Waals surface area contributed by atoms with Crippen LogP contribution in [0.2, 0.25) is 5.02 Å². The third-order valence-electron chi connectivity index (χ3n) is 3.72. The number of benzene rings is 1. The van der Waals surface area contributed by atoms with Crippen LogP contribution >= 0.6 is 11.6 Å². The second kappa shape index (κ2) is 5.79. The Morgan fingerprint density at radius 3 is 2.14 bits per heavy atom. The zero-order valence-corrected chi connectivity index (χ0v) is 13.6. The van der Waals surface area contributed by atoms with E-state index in [1.54, 1.807) is 0 Å². The van der Waals surface area contributed by atoms with Gasteiger partial charge < -0.3 is 5.32 Å². The Hall–Kier alpha value is -1.37. The number of nitrogens with one attached hydrogen (secondary N) is 1. The van der Waals surface area contributed by atoms with Gasteiger partial charge in [-0.3, -0.25) is 9.35 Å². The lowest BCUT2D eigenvalue weighted by molar-refractivity contribution is -0.118. The van der Waals surface area contributed by atoms with Crippen LogP contribution in [-0.2, 0) is 19.7 Å². The highest BCUT2D eigenvalue weighted by Gasteiger charge is 2.53. The van der Waals surface area contributed by atoms with E-state index in [-0.39, 0.29) is 0 Å². The molecule has 0 fully saturated rings. The number of halogens is 1. The maximum atomic E-state index is 12.0. The molecule has 0 radical (unpaired) electrons. The summed E-state index contributed by atoms with van der Waals surface area (Å²) < 4.78 is 32.0. The van der Waals surface area contributed by atoms with Crippen molar-refractivity contribution in [2.45, 2.75) is 31.1 Å². The Morgan fingerprint density at radius 2 is 1.76 bits per heavy atom. The smallest absolute Gasteiger partial charge is 0.276 e. The molecular formula is C14H18ClNO4S. The summed E-state index contributed by atoms with van der Waals surface area (Å²) >= 11 is 5.80. The molecule has 1 aromatic carbocycles. The van der Waals surface area contributed by atoms with Crippen molar-refractivity contribution in [1.82, 2.24) is 5.32 Å². The van der Waals surface area contributed by atoms with Crippen molar-refractivity contribution in [3.05, 3.63) is 47.5 Å². The van der Waals surface area contributed by atoms with E-state index in [1.165, 1.54) is 45.0 Å². The van der Waals surface area contributed by atoms with Gasteiger partial charge in [-0.2, -0.15) is 8.42 Å². The number of hydrogen-bond acceptors (Lipinski definition) is 3. The lowest BCUT2D eigenvalue weighted by Crippen LogP contribution is -2.60. The van der Waals surface area contributed by atoms with Crippen LogP contribution in [0.15, 0.2) is 36.9 Å². The van der Waals surface area contributed by atoms with Crippen LogP contribution < -0.4 is 5.32 Å². The third kappa shape index (κ3) is 3.28. The first-order valence-electron chi connectivity index (χ1n) is 6.13. The molecule has 21 heavy (non-hydrogen) atoms. The van der Waals surface area contributed by atoms with Gasteiger partial charge in [-0.25, -0.2) is 0 Å². The zero-order valence-electron chi connectivity index (χ0n) is 12.1. The maximum Gasteiger partial charge on any atom is 0.276 e. The predicted octanol–water partition coefficient (Wildman–Crippen LogP) is 2.52. The van der Waals surface area contributed by atoms with Crippen LogP contribution in [0.3, 0.4) is 0 Å². The number of hydrogen-bond donors (Lipinski definition) is 2. The molecule has 0 heterocycles. The Balaban J connectivity index is 3.51. The van der Waals surface area contributed by atoms with Crippen LogP contribution in [-0.4, -0.2) is 24.4 Å². The largest absolute Gasteiger partial charge is 0.346 e. The van der Waals surface area contributed by atoms with E-state index in [2.05, 4.69) is 11.9 Å². The van der Waals surface area contributed by atoms with Crippen molar-refractivity contribution < 1.29 is 17.8 Å². The first-order chi connectivity index (χ1) is 9.45. The highest BCUT2D eigenvalue weighted by molar-refractivity contribution is 7.86. The molecule has 1 amide bonds. The monoisotopic (exact) mass is 331 g/mol. The summed E-state index contributed by atoms with van der Waals surface area (Å²) in [5.74, 6) is -0.538. The summed E-state index contributed by atoms with van der Waals surface area (Å²) in [4.78, 5) is 11.6. The summed E-state index contributed by atoms with van der Waals surface area (Å²) in [5, 5.41) is 2.97. The summed E-state index contributed by atoms with van der Waals surface area (Å²) in [6.45, 7) is 7.70. The molecule has 7 heteroatoms. The van der Waals surface area contributed by atoms with Gasteiger partial charge in [-0.1, -0.05) is 30.3 Å². The maximum absolute atomic E-state index is 12.0. The quantitative estimate of drug-likeness (QED) is 0.641. The highest BCUT2D eigenvalue weighted by Crippen LogP contribution is 2.40. The minimum absolute atomic E-state index is 0.309. The lowest BCUT2D eigenvalue weighted by Gasteiger charge is -2.42. The molecule has 1 atom stereocenters. The van der Waals surface area contributed by atoms with Crippen LogP contribution in [0.25, 0.3) is 0 Å². The number of rotatable bonds is 5. The molecule has 0 aromatic heterocycles. The Bertz CT molecular complexity index is 652. The zero-order chi connectivity index (χ0) is 16.5. The van der Waals surface area contributed by atoms with Gasteiger partial charge in [0.05, 0.1) is 5.54 Å². The van der Waals surface area contributed by atoms with Gasteiger partial charge in [-0.05, 0) is 44.5 Å². The highest BCUT2D eigenvalue weighted by atomic mass is 35.5. The third-order valence-corrected chi connectivity index (χ3v) is 5.75. The fourth-order valence-corrected chi connectivity index (χ4v) is 3.33. The summed E-state index contributed by atoms with van der Waals surface area (Å²) in [6.07, 6.45) is 1.04. The second-order valence-corrected chi connectivity index (χ2v) is 7.54. The molecule has 0 spiro atoms. The topological polar surface area (TPSA) is 83.5 Å². The van der Waals surface area contributed by atoms with Crippen molar-refractivity contribution in [2.75, 3.05) is 0 Å². The predicted molar refractivity (Wildman–Crippen MR) is 82.8 cm³/mol. The van der Waals surface area contributed by atoms with Gasteiger partial charge in [0.25, 0.3) is 10.1 Å². The van der Waals surface area contributed by atoms with Gasteiger partial charge in [0.1, 0.15) is 4.75 Å². The number of carbonyl (C=O) groups is 1. The van der Waals surface area contributed by atoms with Crippen LogP contribution in [0.4, 0.5) is 0 Å². The molecule has 1 aromatic rings. The van der Waals surface area contributed by atoms with Crippen molar-refractivity contribution >= 4 is 27.6 Å². The van der Waals surface area contributed by atoms with E-state index in [0.717, 1.165) is 6.08 Å². The molecule has 1 unspecified atom stereocenters. The number of amides is 1. The van der Waals surface area contributed by atoms with E-state index in [9.17, 15) is 17.8 Å². The molecule has 0 saturated heterocycles. The SMILES string of the molecule is C=CC(=O)NC(C)(C)C(C)(c1ccc(Cl)cc1)S(=O)(=O)O. The average molecular weight is 332 g/mol. The van der Waals surface area contributed by atoms with Gasteiger partial charge in [0.2, 0.25) is 5.91 Å². The van der Waals surface area contributed by atoms with Crippen molar-refractivity contribution in [2.24, 2.45) is 0 Å². The average Bonchev–Trinajstić information content (AvgIpc) is 2.36. The minimum Gasteiger partial charge on any atom is -0.346 e. The fraction of sp³-hybridized carbons (Fsp3) is 0.357. The first kappa shape index (κ1) is 17.7. The van der Waals surface area contributed by atoms with Gasteiger partial charge in [0.15, 0.2) is 0 Å². The molecule has 0 saturated carbocycles. The van der Waals surface area contributed by atoms with E-state index in [4.69, 9.17) is 11.6 Å². The molecular weight excluding hydrogens is 314 g/mol. The van der Waals surface area contributed by atoms with E-state index in [0.29, 0.717) is 10.6 Å². The normalized spacial score (nSPS) is 15.1. The Morgan fingerprint density at radius 1 is 1.29 bits per heavy atom. The molecule has 5 nitrogen and oxygen atoms in total. The molecule has 116 valence electrons. The molecule has 0 bridgehead atoms. The van der Waals surface area contributed by atoms with Crippen molar-refractivity contribution in [3.63, 3.8) is 0 Å². The standard InChI is InChI=1S/C14H18ClNO4S/c1-5-12(17)16-13(2,3)14(4,21(18,19)20)10-6-8-11(15)9-7-10/h5-9H,1H2,2-4H3,(H,16,17)(H,18,19,20). The Labute approximate surface area is 129 Å². The fourth-order valence-electron chi connectivity index (χ4n) is 2.08. The lowest BCUT2D eigenvalue weighted by atomic mass is 9.82. The first-order valence-corrected chi connectivity index (χ1v) is 7.95. The van der Waals surface area contributed by atoms with Crippen molar-refractivity contribution in [1.29, 1.82) is 0 Å². The Kier molecular flexibility index (Phi) is 4.87. The van der Waals surface area contributed by atoms with Crippen LogP contribution in [0.1, 0.15) is 26.3 Å². The van der Waals surface area contributed by atoms with Gasteiger partial charge >= 0.3 is 0 Å². The molecule has 0 aliphatic heterocycles. The molecule has 0 aliphatic rings. The van der Waals surface area contributed by atoms with Gasteiger partial charge in [0, 0.05) is 5.02 Å². The summed E-state index contributed by atoms with van der Waals surface area (Å²) in [5.41, 5.74) is -0.983. The molecule has 0 aliphatic carbocycles. The van der Waals surface area contributed by atoms with Crippen molar-refractivity contribution in [3.8, 4) is 0 Å². The van der Waals surface area contributed by atoms with Crippen LogP contribution in [0.5, 0.6) is 0 Å². The second-order valence-electron chi connectivity index (χ2n) is 5.33. The van der Waals surface area contributed by atoms with E-state index < -0.39 is 26.3 Å². The minimum atomic E-state index is -4.53. The van der Waals surface area contributed by atoms with Gasteiger partial charge in [-0.15, -0.1) is 0 Å². The summed E-state index contributed by atoms with van der Waals surface area (Å²) in [7, 11) is -4.53. The van der Waals surface area contributed by atoms with Crippen LogP contribution in [0, 0.1) is 0 Å². The van der Waals surface area contributed by atoms with E-state index >= 15 is 0 Å². The van der Waals surface area contributed by atoms with E-state index in [1.807, 2.05) is 0 Å². The molecule has 1 rings (SSSR count). The summed E-state index contributed by atoms with van der Waals surface area (Å²) in [6, 6.07) is 6.04.